The Balaban J connectivity index is 1.78. The number of rotatable bonds is 3. The van der Waals surface area contributed by atoms with Crippen LogP contribution in [0, 0.1) is 5.92 Å². The summed E-state index contributed by atoms with van der Waals surface area (Å²) in [5.74, 6) is 0.455. The van der Waals surface area contributed by atoms with Gasteiger partial charge in [-0.2, -0.15) is 0 Å². The molecule has 0 aromatic rings. The largest absolute Gasteiger partial charge is 0.395 e. The van der Waals surface area contributed by atoms with Crippen molar-refractivity contribution in [1.82, 2.24) is 9.80 Å². The van der Waals surface area contributed by atoms with Gasteiger partial charge in [0.25, 0.3) is 0 Å². The van der Waals surface area contributed by atoms with E-state index in [9.17, 15) is 4.79 Å². The van der Waals surface area contributed by atoms with E-state index in [4.69, 9.17) is 10.8 Å². The third-order valence-electron chi connectivity index (χ3n) is 3.92. The van der Waals surface area contributed by atoms with Gasteiger partial charge in [0.2, 0.25) is 5.91 Å². The van der Waals surface area contributed by atoms with Crippen LogP contribution in [0.4, 0.5) is 0 Å². The molecule has 1 amide bonds. The molecule has 0 radical (unpaired) electrons. The Bertz CT molecular complexity index is 264. The van der Waals surface area contributed by atoms with E-state index in [1.165, 1.54) is 0 Å². The van der Waals surface area contributed by atoms with E-state index in [1.54, 1.807) is 0 Å². The molecule has 5 heteroatoms. The van der Waals surface area contributed by atoms with Gasteiger partial charge < -0.3 is 15.7 Å². The molecule has 5 nitrogen and oxygen atoms in total. The maximum Gasteiger partial charge on any atom is 0.225 e. The van der Waals surface area contributed by atoms with Crippen molar-refractivity contribution in [3.05, 3.63) is 0 Å². The van der Waals surface area contributed by atoms with Gasteiger partial charge in [-0.05, 0) is 19.3 Å². The minimum absolute atomic E-state index is 0.161. The number of β-amino-alcohol motifs (C(OH)–C–C–N with tert-alkyl or cyclic N) is 1. The third-order valence-corrected chi connectivity index (χ3v) is 3.92. The first-order chi connectivity index (χ1) is 8.20. The van der Waals surface area contributed by atoms with E-state index in [0.29, 0.717) is 5.91 Å². The Morgan fingerprint density at radius 3 is 2.47 bits per heavy atom. The highest BCUT2D eigenvalue weighted by Crippen LogP contribution is 2.26. The summed E-state index contributed by atoms with van der Waals surface area (Å²) in [4.78, 5) is 16.4. The monoisotopic (exact) mass is 241 g/mol. The molecule has 2 rings (SSSR count). The number of aliphatic hydroxyl groups excluding tert-OH is 1. The van der Waals surface area contributed by atoms with Crippen LogP contribution in [0.2, 0.25) is 0 Å². The summed E-state index contributed by atoms with van der Waals surface area (Å²) in [6.07, 6.45) is 2.80. The minimum atomic E-state index is 0.161. The SMILES string of the molecule is N[C@H]1CC[C@H](C(=O)N2CCN(CCO)CC2)C1. The van der Waals surface area contributed by atoms with Crippen LogP contribution < -0.4 is 5.73 Å². The molecule has 0 spiro atoms. The van der Waals surface area contributed by atoms with Crippen molar-refractivity contribution >= 4 is 5.91 Å². The number of carbonyl (C=O) groups excluding carboxylic acids is 1. The number of aliphatic hydroxyl groups is 1. The van der Waals surface area contributed by atoms with E-state index in [1.807, 2.05) is 4.90 Å². The number of amides is 1. The molecule has 1 heterocycles. The van der Waals surface area contributed by atoms with Crippen LogP contribution >= 0.6 is 0 Å². The van der Waals surface area contributed by atoms with Crippen LogP contribution in [0.1, 0.15) is 19.3 Å². The highest BCUT2D eigenvalue weighted by molar-refractivity contribution is 5.79. The zero-order valence-corrected chi connectivity index (χ0v) is 10.3. The lowest BCUT2D eigenvalue weighted by atomic mass is 10.1. The van der Waals surface area contributed by atoms with Gasteiger partial charge in [0, 0.05) is 44.7 Å². The van der Waals surface area contributed by atoms with E-state index >= 15 is 0 Å². The lowest BCUT2D eigenvalue weighted by Crippen LogP contribution is -2.50. The van der Waals surface area contributed by atoms with Crippen LogP contribution in [0.15, 0.2) is 0 Å². The van der Waals surface area contributed by atoms with Crippen molar-refractivity contribution in [2.45, 2.75) is 25.3 Å². The smallest absolute Gasteiger partial charge is 0.225 e. The highest BCUT2D eigenvalue weighted by atomic mass is 16.3. The number of nitrogens with zero attached hydrogens (tertiary/aromatic N) is 2. The number of carbonyl (C=O) groups is 1. The predicted molar refractivity (Wildman–Crippen MR) is 65.4 cm³/mol. The molecule has 3 N–H and O–H groups in total. The summed E-state index contributed by atoms with van der Waals surface area (Å²) in [6.45, 7) is 4.27. The predicted octanol–water partition coefficient (Wildman–Crippen LogP) is -0.750. The second kappa shape index (κ2) is 5.80. The topological polar surface area (TPSA) is 69.8 Å². The van der Waals surface area contributed by atoms with E-state index in [0.717, 1.165) is 52.0 Å². The molecule has 2 atom stereocenters. The summed E-state index contributed by atoms with van der Waals surface area (Å²) < 4.78 is 0. The Morgan fingerprint density at radius 2 is 1.94 bits per heavy atom. The molecule has 1 aliphatic carbocycles. The number of piperazine rings is 1. The van der Waals surface area contributed by atoms with E-state index in [2.05, 4.69) is 4.90 Å². The maximum atomic E-state index is 12.2. The summed E-state index contributed by atoms with van der Waals surface area (Å²) in [5, 5.41) is 8.86. The normalized spacial score (nSPS) is 30.8. The molecule has 0 aromatic carbocycles. The van der Waals surface area contributed by atoms with Crippen molar-refractivity contribution < 1.29 is 9.90 Å². The van der Waals surface area contributed by atoms with Gasteiger partial charge in [-0.1, -0.05) is 0 Å². The Hall–Kier alpha value is -0.650. The molecule has 2 aliphatic rings. The van der Waals surface area contributed by atoms with Crippen molar-refractivity contribution in [3.63, 3.8) is 0 Å². The number of nitrogens with two attached hydrogens (primary N) is 1. The molecule has 1 aliphatic heterocycles. The van der Waals surface area contributed by atoms with E-state index in [-0.39, 0.29) is 18.6 Å². The van der Waals surface area contributed by atoms with Crippen LogP contribution in [-0.4, -0.2) is 66.2 Å². The molecular weight excluding hydrogens is 218 g/mol. The molecule has 0 aromatic heterocycles. The standard InChI is InChI=1S/C12H23N3O2/c13-11-2-1-10(9-11)12(17)15-5-3-14(4-6-15)7-8-16/h10-11,16H,1-9,13H2/t10-,11-/m0/s1. The molecule has 2 fully saturated rings. The summed E-state index contributed by atoms with van der Waals surface area (Å²) in [6, 6.07) is 0.222. The zero-order valence-electron chi connectivity index (χ0n) is 10.3. The van der Waals surface area contributed by atoms with Crippen LogP contribution in [-0.2, 0) is 4.79 Å². The third kappa shape index (κ3) is 3.18. The molecule has 1 saturated carbocycles. The number of hydrogen-bond acceptors (Lipinski definition) is 4. The average molecular weight is 241 g/mol. The maximum absolute atomic E-state index is 12.2. The summed E-state index contributed by atoms with van der Waals surface area (Å²) in [5.41, 5.74) is 5.85. The van der Waals surface area contributed by atoms with Gasteiger partial charge in [0.05, 0.1) is 6.61 Å². The van der Waals surface area contributed by atoms with Crippen molar-refractivity contribution in [2.24, 2.45) is 11.7 Å². The Labute approximate surface area is 103 Å². The van der Waals surface area contributed by atoms with Gasteiger partial charge in [0.1, 0.15) is 0 Å². The first-order valence-corrected chi connectivity index (χ1v) is 6.58. The van der Waals surface area contributed by atoms with Crippen LogP contribution in [0.5, 0.6) is 0 Å². The molecule has 0 bridgehead atoms. The molecule has 98 valence electrons. The lowest BCUT2D eigenvalue weighted by molar-refractivity contribution is -0.137. The summed E-state index contributed by atoms with van der Waals surface area (Å²) >= 11 is 0. The average Bonchev–Trinajstić information content (AvgIpc) is 2.76. The molecule has 1 saturated heterocycles. The Kier molecular flexibility index (Phi) is 4.36. The van der Waals surface area contributed by atoms with Crippen LogP contribution in [0.25, 0.3) is 0 Å². The van der Waals surface area contributed by atoms with Crippen molar-refractivity contribution in [1.29, 1.82) is 0 Å². The van der Waals surface area contributed by atoms with Gasteiger partial charge in [0.15, 0.2) is 0 Å². The van der Waals surface area contributed by atoms with Gasteiger partial charge in [-0.15, -0.1) is 0 Å². The quantitative estimate of drug-likeness (QED) is 0.682. The molecule has 0 unspecified atom stereocenters. The Morgan fingerprint density at radius 1 is 1.24 bits per heavy atom. The molecular formula is C12H23N3O2. The second-order valence-electron chi connectivity index (χ2n) is 5.16. The van der Waals surface area contributed by atoms with Crippen molar-refractivity contribution in [3.8, 4) is 0 Å². The first kappa shape index (κ1) is 12.8. The fourth-order valence-electron chi connectivity index (χ4n) is 2.83. The molecule has 17 heavy (non-hydrogen) atoms. The van der Waals surface area contributed by atoms with Gasteiger partial charge in [-0.3, -0.25) is 9.69 Å². The lowest BCUT2D eigenvalue weighted by Gasteiger charge is -2.35. The fraction of sp³-hybridized carbons (Fsp3) is 0.917. The van der Waals surface area contributed by atoms with Crippen molar-refractivity contribution in [2.75, 3.05) is 39.3 Å². The fourth-order valence-corrected chi connectivity index (χ4v) is 2.83. The van der Waals surface area contributed by atoms with Gasteiger partial charge in [-0.25, -0.2) is 0 Å². The highest BCUT2D eigenvalue weighted by Gasteiger charge is 2.32. The van der Waals surface area contributed by atoms with Crippen LogP contribution in [0.3, 0.4) is 0 Å². The zero-order chi connectivity index (χ0) is 12.3. The first-order valence-electron chi connectivity index (χ1n) is 6.58. The summed E-state index contributed by atoms with van der Waals surface area (Å²) in [7, 11) is 0. The second-order valence-corrected chi connectivity index (χ2v) is 5.16. The minimum Gasteiger partial charge on any atom is -0.395 e. The number of hydrogen-bond donors (Lipinski definition) is 2. The van der Waals surface area contributed by atoms with E-state index < -0.39 is 0 Å². The van der Waals surface area contributed by atoms with Gasteiger partial charge >= 0.3 is 0 Å².